The summed E-state index contributed by atoms with van der Waals surface area (Å²) in [6.45, 7) is 5.93. The fourth-order valence-corrected chi connectivity index (χ4v) is 2.07. The molecule has 0 radical (unpaired) electrons. The molecule has 0 aromatic heterocycles. The van der Waals surface area contributed by atoms with Crippen LogP contribution in [-0.4, -0.2) is 5.91 Å². The molecule has 0 aliphatic rings. The van der Waals surface area contributed by atoms with Crippen LogP contribution in [0, 0.1) is 18.7 Å². The second kappa shape index (κ2) is 5.80. The van der Waals surface area contributed by atoms with E-state index in [0.717, 1.165) is 12.0 Å². The van der Waals surface area contributed by atoms with Gasteiger partial charge in [-0.05, 0) is 42.4 Å². The third-order valence-corrected chi connectivity index (χ3v) is 2.86. The van der Waals surface area contributed by atoms with Crippen molar-refractivity contribution < 1.29 is 9.18 Å². The van der Waals surface area contributed by atoms with Crippen LogP contribution in [0.2, 0.25) is 0 Å². The van der Waals surface area contributed by atoms with Gasteiger partial charge in [0.25, 0.3) is 0 Å². The van der Waals surface area contributed by atoms with Gasteiger partial charge in [-0.1, -0.05) is 26.0 Å². The Morgan fingerprint density at radius 1 is 1.41 bits per heavy atom. The fraction of sp³-hybridized carbons (Fsp3) is 0.500. The predicted octanol–water partition coefficient (Wildman–Crippen LogP) is 3.14. The Balaban J connectivity index is 2.94. The lowest BCUT2D eigenvalue weighted by Crippen LogP contribution is -2.16. The summed E-state index contributed by atoms with van der Waals surface area (Å²) >= 11 is 0. The SMILES string of the molecule is Cc1cc(C(CC(N)=O)CC(C)C)ccc1F. The van der Waals surface area contributed by atoms with Gasteiger partial charge in [-0.3, -0.25) is 4.79 Å². The Labute approximate surface area is 102 Å². The van der Waals surface area contributed by atoms with E-state index in [1.165, 1.54) is 6.07 Å². The maximum absolute atomic E-state index is 13.2. The van der Waals surface area contributed by atoms with Crippen molar-refractivity contribution in [2.75, 3.05) is 0 Å². The third kappa shape index (κ3) is 4.17. The minimum atomic E-state index is -0.308. The molecule has 0 heterocycles. The van der Waals surface area contributed by atoms with Crippen molar-refractivity contribution >= 4 is 5.91 Å². The predicted molar refractivity (Wildman–Crippen MR) is 67.1 cm³/mol. The van der Waals surface area contributed by atoms with Gasteiger partial charge in [-0.2, -0.15) is 0 Å². The third-order valence-electron chi connectivity index (χ3n) is 2.86. The monoisotopic (exact) mass is 237 g/mol. The number of nitrogens with two attached hydrogens (primary N) is 1. The summed E-state index contributed by atoms with van der Waals surface area (Å²) in [6, 6.07) is 5.02. The first-order valence-electron chi connectivity index (χ1n) is 5.94. The van der Waals surface area contributed by atoms with Crippen LogP contribution < -0.4 is 5.73 Å². The quantitative estimate of drug-likeness (QED) is 0.840. The molecule has 2 N–H and O–H groups in total. The van der Waals surface area contributed by atoms with Crippen molar-refractivity contribution in [3.8, 4) is 0 Å². The summed E-state index contributed by atoms with van der Waals surface area (Å²) in [7, 11) is 0. The molecule has 17 heavy (non-hydrogen) atoms. The minimum Gasteiger partial charge on any atom is -0.370 e. The molecule has 0 aliphatic heterocycles. The molecule has 3 heteroatoms. The van der Waals surface area contributed by atoms with Gasteiger partial charge in [0.15, 0.2) is 0 Å². The first kappa shape index (κ1) is 13.7. The molecule has 1 rings (SSSR count). The number of amides is 1. The average molecular weight is 237 g/mol. The van der Waals surface area contributed by atoms with Gasteiger partial charge >= 0.3 is 0 Å². The molecule has 0 aliphatic carbocycles. The van der Waals surface area contributed by atoms with Crippen molar-refractivity contribution in [3.05, 3.63) is 35.1 Å². The van der Waals surface area contributed by atoms with Gasteiger partial charge in [0.05, 0.1) is 0 Å². The Hall–Kier alpha value is -1.38. The van der Waals surface area contributed by atoms with Crippen molar-refractivity contribution in [1.29, 1.82) is 0 Å². The van der Waals surface area contributed by atoms with E-state index in [4.69, 9.17) is 5.73 Å². The van der Waals surface area contributed by atoms with E-state index < -0.39 is 0 Å². The second-order valence-corrected chi connectivity index (χ2v) is 5.01. The number of halogens is 1. The van der Waals surface area contributed by atoms with Crippen molar-refractivity contribution in [1.82, 2.24) is 0 Å². The highest BCUT2D eigenvalue weighted by Crippen LogP contribution is 2.28. The number of hydrogen-bond acceptors (Lipinski definition) is 1. The lowest BCUT2D eigenvalue weighted by atomic mass is 9.87. The zero-order valence-corrected chi connectivity index (χ0v) is 10.7. The molecule has 1 unspecified atom stereocenters. The highest BCUT2D eigenvalue weighted by molar-refractivity contribution is 5.74. The number of hydrogen-bond donors (Lipinski definition) is 1. The van der Waals surface area contributed by atoms with Crippen LogP contribution in [0.5, 0.6) is 0 Å². The van der Waals surface area contributed by atoms with Crippen LogP contribution in [0.15, 0.2) is 18.2 Å². The van der Waals surface area contributed by atoms with Crippen LogP contribution in [0.25, 0.3) is 0 Å². The molecule has 1 aromatic carbocycles. The Kier molecular flexibility index (Phi) is 4.67. The van der Waals surface area contributed by atoms with Crippen LogP contribution in [0.4, 0.5) is 4.39 Å². The lowest BCUT2D eigenvalue weighted by molar-refractivity contribution is -0.118. The minimum absolute atomic E-state index is 0.0896. The molecule has 1 aromatic rings. The highest BCUT2D eigenvalue weighted by Gasteiger charge is 2.16. The topological polar surface area (TPSA) is 43.1 Å². The molecule has 0 bridgehead atoms. The van der Waals surface area contributed by atoms with Gasteiger partial charge in [0.2, 0.25) is 5.91 Å². The largest absolute Gasteiger partial charge is 0.370 e. The molecular formula is C14H20FNO. The fourth-order valence-electron chi connectivity index (χ4n) is 2.07. The van der Waals surface area contributed by atoms with Gasteiger partial charge in [0.1, 0.15) is 5.82 Å². The highest BCUT2D eigenvalue weighted by atomic mass is 19.1. The maximum Gasteiger partial charge on any atom is 0.218 e. The van der Waals surface area contributed by atoms with Crippen molar-refractivity contribution in [3.63, 3.8) is 0 Å². The first-order valence-corrected chi connectivity index (χ1v) is 5.94. The molecule has 2 nitrogen and oxygen atoms in total. The summed E-state index contributed by atoms with van der Waals surface area (Å²) in [4.78, 5) is 11.1. The maximum atomic E-state index is 13.2. The number of aryl methyl sites for hydroxylation is 1. The zero-order chi connectivity index (χ0) is 13.0. The zero-order valence-electron chi connectivity index (χ0n) is 10.7. The van der Waals surface area contributed by atoms with Crippen LogP contribution >= 0.6 is 0 Å². The van der Waals surface area contributed by atoms with Crippen molar-refractivity contribution in [2.45, 2.75) is 39.5 Å². The summed E-state index contributed by atoms with van der Waals surface area (Å²) in [5, 5.41) is 0. The number of carbonyl (C=O) groups is 1. The van der Waals surface area contributed by atoms with E-state index in [9.17, 15) is 9.18 Å². The molecular weight excluding hydrogens is 217 g/mol. The number of rotatable bonds is 5. The molecule has 1 atom stereocenters. The van der Waals surface area contributed by atoms with E-state index >= 15 is 0 Å². The van der Waals surface area contributed by atoms with E-state index in [2.05, 4.69) is 13.8 Å². The van der Waals surface area contributed by atoms with Crippen molar-refractivity contribution in [2.24, 2.45) is 11.7 Å². The Morgan fingerprint density at radius 3 is 2.53 bits per heavy atom. The van der Waals surface area contributed by atoms with Gasteiger partial charge < -0.3 is 5.73 Å². The van der Waals surface area contributed by atoms with E-state index in [1.807, 2.05) is 6.07 Å². The first-order chi connectivity index (χ1) is 7.90. The Bertz CT molecular complexity index is 401. The number of benzene rings is 1. The number of carbonyl (C=O) groups excluding carboxylic acids is 1. The van der Waals surface area contributed by atoms with E-state index in [-0.39, 0.29) is 17.6 Å². The van der Waals surface area contributed by atoms with E-state index in [0.29, 0.717) is 17.9 Å². The molecule has 0 fully saturated rings. The summed E-state index contributed by atoms with van der Waals surface area (Å²) in [6.07, 6.45) is 1.21. The molecule has 94 valence electrons. The Morgan fingerprint density at radius 2 is 2.06 bits per heavy atom. The van der Waals surface area contributed by atoms with Gasteiger partial charge in [-0.15, -0.1) is 0 Å². The van der Waals surface area contributed by atoms with Crippen LogP contribution in [0.3, 0.4) is 0 Å². The summed E-state index contributed by atoms with van der Waals surface area (Å²) in [5.41, 5.74) is 6.87. The lowest BCUT2D eigenvalue weighted by Gasteiger charge is -2.18. The standard InChI is InChI=1S/C14H20FNO/c1-9(2)6-12(8-14(16)17)11-4-5-13(15)10(3)7-11/h4-5,7,9,12H,6,8H2,1-3H3,(H2,16,17). The second-order valence-electron chi connectivity index (χ2n) is 5.01. The normalized spacial score (nSPS) is 12.8. The summed E-state index contributed by atoms with van der Waals surface area (Å²) < 4.78 is 13.2. The number of primary amides is 1. The molecule has 0 saturated carbocycles. The molecule has 1 amide bonds. The molecule has 0 spiro atoms. The summed E-state index contributed by atoms with van der Waals surface area (Å²) in [5.74, 6) is 0.0465. The van der Waals surface area contributed by atoms with Gasteiger partial charge in [0, 0.05) is 6.42 Å². The molecule has 0 saturated heterocycles. The smallest absolute Gasteiger partial charge is 0.218 e. The van der Waals surface area contributed by atoms with Crippen LogP contribution in [-0.2, 0) is 4.79 Å². The van der Waals surface area contributed by atoms with Crippen LogP contribution in [0.1, 0.15) is 43.7 Å². The average Bonchev–Trinajstić information content (AvgIpc) is 2.19. The van der Waals surface area contributed by atoms with Gasteiger partial charge in [-0.25, -0.2) is 4.39 Å². The van der Waals surface area contributed by atoms with E-state index in [1.54, 1.807) is 13.0 Å².